The summed E-state index contributed by atoms with van der Waals surface area (Å²) in [6.45, 7) is -1.04. The van der Waals surface area contributed by atoms with Gasteiger partial charge in [-0.3, -0.25) is 18.6 Å². The lowest BCUT2D eigenvalue weighted by molar-refractivity contribution is -0.140. The minimum Gasteiger partial charge on any atom is -0.373 e. The van der Waals surface area contributed by atoms with E-state index < -0.39 is 103 Å². The zero-order valence-corrected chi connectivity index (χ0v) is 26.3. The van der Waals surface area contributed by atoms with E-state index in [1.54, 1.807) is 0 Å². The number of nitrogens with one attached hydrogen (secondary N) is 3. The van der Waals surface area contributed by atoms with Crippen molar-refractivity contribution < 1.29 is 58.1 Å². The van der Waals surface area contributed by atoms with Crippen LogP contribution in [0.3, 0.4) is 0 Å². The Balaban J connectivity index is 1.47. The first-order valence-electron chi connectivity index (χ1n) is 13.0. The number of amides is 2. The average Bonchev–Trinajstić information content (AvgIpc) is 3.56. The Bertz CT molecular complexity index is 1820. The van der Waals surface area contributed by atoms with E-state index in [2.05, 4.69) is 10.6 Å². The van der Waals surface area contributed by atoms with Gasteiger partial charge in [-0.2, -0.15) is 26.3 Å². The van der Waals surface area contributed by atoms with Gasteiger partial charge in [0.1, 0.15) is 32.5 Å². The maximum absolute atomic E-state index is 15.1. The molecule has 0 heterocycles. The van der Waals surface area contributed by atoms with Gasteiger partial charge in [-0.1, -0.05) is 17.7 Å². The van der Waals surface area contributed by atoms with E-state index in [1.165, 1.54) is 6.07 Å². The smallest absolute Gasteiger partial charge is 0.373 e. The second-order valence-corrected chi connectivity index (χ2v) is 13.4. The lowest BCUT2D eigenvalue weighted by Gasteiger charge is -2.14. The highest BCUT2D eigenvalue weighted by atomic mass is 35.5. The van der Waals surface area contributed by atoms with E-state index in [0.29, 0.717) is 18.2 Å². The van der Waals surface area contributed by atoms with Gasteiger partial charge in [0.15, 0.2) is 11.6 Å². The van der Waals surface area contributed by atoms with Crippen LogP contribution in [-0.4, -0.2) is 43.9 Å². The van der Waals surface area contributed by atoms with Crippen molar-refractivity contribution in [1.82, 2.24) is 0 Å². The van der Waals surface area contributed by atoms with Crippen LogP contribution in [0.25, 0.3) is 0 Å². The third-order valence-electron chi connectivity index (χ3n) is 6.82. The zero-order valence-electron chi connectivity index (χ0n) is 23.3. The fourth-order valence-corrected chi connectivity index (χ4v) is 6.07. The molecule has 0 aliphatic heterocycles. The summed E-state index contributed by atoms with van der Waals surface area (Å²) in [5.41, 5.74) is -9.08. The fraction of sp³-hybridized carbons (Fsp3) is 0.250. The molecular formula is C28H17Cl3F9N3O4S. The molecule has 1 aliphatic rings. The molecule has 1 fully saturated rings. The first-order chi connectivity index (χ1) is 22.1. The number of rotatable bonds is 10. The predicted octanol–water partition coefficient (Wildman–Crippen LogP) is 7.80. The maximum Gasteiger partial charge on any atom is 0.471 e. The van der Waals surface area contributed by atoms with Crippen molar-refractivity contribution in [2.24, 2.45) is 5.92 Å². The number of anilines is 3. The summed E-state index contributed by atoms with van der Waals surface area (Å²) in [5, 5.41) is 6.20. The number of Topliss-reactive ketones (excluding diaryl/α,β-unsaturated/α-hetero) is 1. The van der Waals surface area contributed by atoms with Crippen molar-refractivity contribution in [3.8, 4) is 0 Å². The van der Waals surface area contributed by atoms with Gasteiger partial charge in [0.2, 0.25) is 5.91 Å². The van der Waals surface area contributed by atoms with Crippen LogP contribution in [-0.2, 0) is 26.6 Å². The lowest BCUT2D eigenvalue weighted by atomic mass is 10.0. The van der Waals surface area contributed by atoms with Gasteiger partial charge in [-0.05, 0) is 48.0 Å². The van der Waals surface area contributed by atoms with Gasteiger partial charge in [0, 0.05) is 11.6 Å². The largest absolute Gasteiger partial charge is 0.471 e. The molecule has 0 aromatic heterocycles. The van der Waals surface area contributed by atoms with Crippen LogP contribution in [0.2, 0.25) is 5.02 Å². The Morgan fingerprint density at radius 2 is 1.52 bits per heavy atom. The third-order valence-corrected chi connectivity index (χ3v) is 9.19. The highest BCUT2D eigenvalue weighted by molar-refractivity contribution is 7.86. The first-order valence-corrected chi connectivity index (χ1v) is 15.4. The Morgan fingerprint density at radius 1 is 0.875 bits per heavy atom. The van der Waals surface area contributed by atoms with Crippen molar-refractivity contribution >= 4 is 80.3 Å². The molecule has 1 unspecified atom stereocenters. The molecule has 1 saturated carbocycles. The van der Waals surface area contributed by atoms with Gasteiger partial charge in [0.25, 0.3) is 5.91 Å². The molecule has 0 spiro atoms. The number of benzene rings is 3. The summed E-state index contributed by atoms with van der Waals surface area (Å²) in [4.78, 5) is 37.7. The standard InChI is InChI=1S/C28H17Cl3F9N3O4S/c29-16-3-2-12(42-25(46)21-20(26(21,30)31)11-1-4-17(32)15(7-11)27(35,36)37)8-14(16)24(45)43-19-6-5-18(33)23(22(19)34)41-9-13(44)10-48(47)28(38,39)40/h1-8,20-21,41H,9-10H2,(H,42,46)(H,43,45)/t20-,21+,48?/m0/s1. The van der Waals surface area contributed by atoms with Crippen LogP contribution in [0.5, 0.6) is 0 Å². The minimum atomic E-state index is -5.18. The summed E-state index contributed by atoms with van der Waals surface area (Å²) in [6.07, 6.45) is -5.04. The number of ketones is 1. The molecule has 1 aliphatic carbocycles. The molecule has 0 radical (unpaired) electrons. The van der Waals surface area contributed by atoms with E-state index in [0.717, 1.165) is 24.3 Å². The Morgan fingerprint density at radius 3 is 2.15 bits per heavy atom. The zero-order chi connectivity index (χ0) is 35.9. The van der Waals surface area contributed by atoms with E-state index >= 15 is 4.39 Å². The summed E-state index contributed by atoms with van der Waals surface area (Å²) in [6, 6.07) is 6.87. The van der Waals surface area contributed by atoms with Crippen LogP contribution in [0.4, 0.5) is 56.6 Å². The number of hydrogen-bond acceptors (Lipinski definition) is 5. The summed E-state index contributed by atoms with van der Waals surface area (Å²) in [5.74, 6) is -11.6. The quantitative estimate of drug-likeness (QED) is 0.144. The number of alkyl halides is 8. The van der Waals surface area contributed by atoms with Crippen LogP contribution in [0, 0.1) is 23.4 Å². The molecular weight excluding hydrogens is 752 g/mol. The molecule has 48 heavy (non-hydrogen) atoms. The van der Waals surface area contributed by atoms with Crippen molar-refractivity contribution in [3.05, 3.63) is 87.7 Å². The first kappa shape index (κ1) is 37.3. The summed E-state index contributed by atoms with van der Waals surface area (Å²) in [7, 11) is -3.53. The molecule has 3 aromatic carbocycles. The van der Waals surface area contributed by atoms with E-state index in [1.807, 2.05) is 5.32 Å². The SMILES string of the molecule is O=C(CNc1c(F)ccc(NC(=O)c2cc(NC(=O)[C@H]3[C@H](c4ccc(F)c(C(F)(F)F)c4)C3(Cl)Cl)ccc2Cl)c1F)CS(=O)C(F)(F)F. The molecule has 4 rings (SSSR count). The lowest BCUT2D eigenvalue weighted by Crippen LogP contribution is -2.27. The Labute approximate surface area is 281 Å². The van der Waals surface area contributed by atoms with E-state index in [4.69, 9.17) is 34.8 Å². The van der Waals surface area contributed by atoms with Crippen molar-refractivity contribution in [2.45, 2.75) is 21.9 Å². The molecule has 3 aromatic rings. The topological polar surface area (TPSA) is 104 Å². The summed E-state index contributed by atoms with van der Waals surface area (Å²) >= 11 is 18.5. The van der Waals surface area contributed by atoms with Crippen LogP contribution in [0.15, 0.2) is 48.5 Å². The highest BCUT2D eigenvalue weighted by Gasteiger charge is 2.67. The van der Waals surface area contributed by atoms with Crippen LogP contribution < -0.4 is 16.0 Å². The van der Waals surface area contributed by atoms with Crippen LogP contribution >= 0.6 is 34.8 Å². The number of carbonyl (C=O) groups is 3. The second-order valence-electron chi connectivity index (χ2n) is 10.1. The normalized spacial score (nSPS) is 17.8. The predicted molar refractivity (Wildman–Crippen MR) is 159 cm³/mol. The molecule has 20 heteroatoms. The average molecular weight is 769 g/mol. The Hall–Kier alpha value is -3.54. The minimum absolute atomic E-state index is 0.101. The Kier molecular flexibility index (Phi) is 10.7. The van der Waals surface area contributed by atoms with Gasteiger partial charge in [-0.15, -0.1) is 23.2 Å². The second kappa shape index (κ2) is 13.8. The van der Waals surface area contributed by atoms with Gasteiger partial charge >= 0.3 is 11.7 Å². The van der Waals surface area contributed by atoms with Crippen molar-refractivity contribution in [3.63, 3.8) is 0 Å². The monoisotopic (exact) mass is 767 g/mol. The molecule has 258 valence electrons. The molecule has 3 atom stereocenters. The van der Waals surface area contributed by atoms with Gasteiger partial charge in [0.05, 0.1) is 40.1 Å². The van der Waals surface area contributed by atoms with Gasteiger partial charge < -0.3 is 16.0 Å². The van der Waals surface area contributed by atoms with Crippen molar-refractivity contribution in [2.75, 3.05) is 28.2 Å². The van der Waals surface area contributed by atoms with Gasteiger partial charge in [-0.25, -0.2) is 13.2 Å². The van der Waals surface area contributed by atoms with Crippen LogP contribution in [0.1, 0.15) is 27.4 Å². The highest BCUT2D eigenvalue weighted by Crippen LogP contribution is 2.65. The third kappa shape index (κ3) is 8.18. The molecule has 0 saturated heterocycles. The number of carbonyl (C=O) groups excluding carboxylic acids is 3. The molecule has 7 nitrogen and oxygen atoms in total. The molecule has 2 amide bonds. The van der Waals surface area contributed by atoms with E-state index in [9.17, 15) is 53.7 Å². The number of hydrogen-bond donors (Lipinski definition) is 3. The molecule has 3 N–H and O–H groups in total. The fourth-order valence-electron chi connectivity index (χ4n) is 4.49. The maximum atomic E-state index is 15.1. The summed E-state index contributed by atoms with van der Waals surface area (Å²) < 4.78 is 129. The van der Waals surface area contributed by atoms with Crippen molar-refractivity contribution in [1.29, 1.82) is 0 Å². The van der Waals surface area contributed by atoms with E-state index in [-0.39, 0.29) is 21.8 Å². The molecule has 0 bridgehead atoms. The number of halogens is 12.